The summed E-state index contributed by atoms with van der Waals surface area (Å²) in [5.41, 5.74) is 3.72. The van der Waals surface area contributed by atoms with Gasteiger partial charge in [-0.15, -0.1) is 0 Å². The van der Waals surface area contributed by atoms with Gasteiger partial charge in [-0.05, 0) is 31.0 Å². The minimum atomic E-state index is 0.374. The summed E-state index contributed by atoms with van der Waals surface area (Å²) in [7, 11) is 5.90. The molecule has 2 heterocycles. The van der Waals surface area contributed by atoms with Gasteiger partial charge < -0.3 is 25.8 Å². The van der Waals surface area contributed by atoms with Crippen molar-refractivity contribution in [1.82, 2.24) is 15.3 Å². The van der Waals surface area contributed by atoms with Crippen molar-refractivity contribution in [2.24, 2.45) is 0 Å². The predicted molar refractivity (Wildman–Crippen MR) is 108 cm³/mol. The van der Waals surface area contributed by atoms with E-state index >= 15 is 0 Å². The lowest BCUT2D eigenvalue weighted by Crippen LogP contribution is -2.52. The second-order valence-corrected chi connectivity index (χ2v) is 7.39. The molecule has 1 aromatic carbocycles. The zero-order valence-corrected chi connectivity index (χ0v) is 15.7. The molecule has 3 N–H and O–H groups in total. The molecule has 0 amide bonds. The summed E-state index contributed by atoms with van der Waals surface area (Å²) in [5, 5.41) is 10.4. The van der Waals surface area contributed by atoms with Crippen molar-refractivity contribution in [3.05, 3.63) is 30.6 Å². The molecular formula is C19H27N7. The Morgan fingerprint density at radius 1 is 1.15 bits per heavy atom. The number of hydrogen-bond donors (Lipinski definition) is 3. The number of aromatic nitrogens is 2. The largest absolute Gasteiger partial charge is 0.386 e. The van der Waals surface area contributed by atoms with Crippen LogP contribution in [0.15, 0.2) is 30.6 Å². The molecule has 1 aromatic heterocycles. The number of nitrogens with one attached hydrogen (secondary N) is 3. The summed E-state index contributed by atoms with van der Waals surface area (Å²) < 4.78 is 0. The fourth-order valence-electron chi connectivity index (χ4n) is 3.51. The van der Waals surface area contributed by atoms with Crippen molar-refractivity contribution in [3.63, 3.8) is 0 Å². The van der Waals surface area contributed by atoms with Gasteiger partial charge in [-0.3, -0.25) is 0 Å². The normalized spacial score (nSPS) is 17.9. The quantitative estimate of drug-likeness (QED) is 0.762. The lowest BCUT2D eigenvalue weighted by molar-refractivity contribution is 0.442. The van der Waals surface area contributed by atoms with Crippen LogP contribution in [0.5, 0.6) is 0 Å². The topological polar surface area (TPSA) is 68.3 Å². The molecule has 2 aliphatic rings. The average Bonchev–Trinajstić information content (AvgIpc) is 3.40. The Balaban J connectivity index is 1.54. The molecule has 138 valence electrons. The van der Waals surface area contributed by atoms with Crippen LogP contribution in [0.1, 0.15) is 12.8 Å². The van der Waals surface area contributed by atoms with Gasteiger partial charge in [-0.2, -0.15) is 0 Å². The van der Waals surface area contributed by atoms with Crippen LogP contribution in [0.25, 0.3) is 0 Å². The van der Waals surface area contributed by atoms with Crippen LogP contribution in [-0.4, -0.2) is 56.3 Å². The molecule has 1 spiro atoms. The number of piperazine rings is 1. The third kappa shape index (κ3) is 3.39. The maximum atomic E-state index is 4.34. The molecule has 26 heavy (non-hydrogen) atoms. The molecule has 4 rings (SSSR count). The fraction of sp³-hybridized carbons (Fsp3) is 0.474. The van der Waals surface area contributed by atoms with Crippen LogP contribution in [-0.2, 0) is 0 Å². The number of anilines is 5. The van der Waals surface area contributed by atoms with E-state index in [0.717, 1.165) is 42.6 Å². The van der Waals surface area contributed by atoms with Crippen LogP contribution in [0.3, 0.4) is 0 Å². The highest BCUT2D eigenvalue weighted by Gasteiger charge is 2.45. The highest BCUT2D eigenvalue weighted by Crippen LogP contribution is 2.39. The van der Waals surface area contributed by atoms with Gasteiger partial charge in [0.25, 0.3) is 0 Å². The maximum Gasteiger partial charge on any atom is 0.135 e. The van der Waals surface area contributed by atoms with Crippen LogP contribution >= 0.6 is 0 Å². The second kappa shape index (κ2) is 6.64. The standard InChI is InChI=1S/C19H27N7/c1-20-16-10-14(26-9-8-23-19(12-26)6-7-19)4-5-15(16)24-17-11-18(25(2)3)22-13-21-17/h4-5,10-11,13,20,23H,6-9,12H2,1-3H3,(H,21,22,24). The Hall–Kier alpha value is -2.54. The number of benzene rings is 1. The number of nitrogens with zero attached hydrogens (tertiary/aromatic N) is 4. The van der Waals surface area contributed by atoms with Gasteiger partial charge in [0.1, 0.15) is 18.0 Å². The molecule has 1 aliphatic heterocycles. The molecular weight excluding hydrogens is 326 g/mol. The molecule has 1 aliphatic carbocycles. The van der Waals surface area contributed by atoms with Crippen LogP contribution in [0, 0.1) is 0 Å². The minimum absolute atomic E-state index is 0.374. The van der Waals surface area contributed by atoms with Crippen LogP contribution in [0.4, 0.5) is 28.7 Å². The Morgan fingerprint density at radius 3 is 2.73 bits per heavy atom. The molecule has 0 atom stereocenters. The Kier molecular flexibility index (Phi) is 4.32. The summed E-state index contributed by atoms with van der Waals surface area (Å²) in [5.74, 6) is 1.66. The minimum Gasteiger partial charge on any atom is -0.386 e. The second-order valence-electron chi connectivity index (χ2n) is 7.39. The molecule has 2 aromatic rings. The highest BCUT2D eigenvalue weighted by molar-refractivity contribution is 5.77. The third-order valence-corrected chi connectivity index (χ3v) is 5.24. The highest BCUT2D eigenvalue weighted by atomic mass is 15.2. The fourth-order valence-corrected chi connectivity index (χ4v) is 3.51. The van der Waals surface area contributed by atoms with Gasteiger partial charge in [0.05, 0.1) is 11.4 Å². The Bertz CT molecular complexity index is 785. The van der Waals surface area contributed by atoms with Gasteiger partial charge in [0, 0.05) is 58.1 Å². The van der Waals surface area contributed by atoms with E-state index in [9.17, 15) is 0 Å². The van der Waals surface area contributed by atoms with Crippen molar-refractivity contribution in [2.45, 2.75) is 18.4 Å². The van der Waals surface area contributed by atoms with E-state index in [0.29, 0.717) is 5.54 Å². The maximum absolute atomic E-state index is 4.34. The Labute approximate surface area is 154 Å². The number of rotatable bonds is 5. The molecule has 1 saturated heterocycles. The van der Waals surface area contributed by atoms with E-state index in [1.165, 1.54) is 18.5 Å². The van der Waals surface area contributed by atoms with Gasteiger partial charge in [0.2, 0.25) is 0 Å². The lowest BCUT2D eigenvalue weighted by Gasteiger charge is -2.36. The van der Waals surface area contributed by atoms with Crippen LogP contribution < -0.4 is 25.8 Å². The molecule has 2 fully saturated rings. The van der Waals surface area contributed by atoms with Crippen molar-refractivity contribution < 1.29 is 0 Å². The summed E-state index contributed by atoms with van der Waals surface area (Å²) >= 11 is 0. The number of hydrogen-bond acceptors (Lipinski definition) is 7. The smallest absolute Gasteiger partial charge is 0.135 e. The summed E-state index contributed by atoms with van der Waals surface area (Å²) in [6.45, 7) is 3.21. The molecule has 1 saturated carbocycles. The SMILES string of the molecule is CNc1cc(N2CCNC3(CC3)C2)ccc1Nc1cc(N(C)C)ncn1. The lowest BCUT2D eigenvalue weighted by atomic mass is 10.1. The molecule has 0 radical (unpaired) electrons. The van der Waals surface area contributed by atoms with Gasteiger partial charge in [0.15, 0.2) is 0 Å². The van der Waals surface area contributed by atoms with E-state index in [4.69, 9.17) is 0 Å². The van der Waals surface area contributed by atoms with Crippen molar-refractivity contribution in [2.75, 3.05) is 61.2 Å². The first-order chi connectivity index (χ1) is 12.6. The van der Waals surface area contributed by atoms with Gasteiger partial charge in [-0.1, -0.05) is 0 Å². The van der Waals surface area contributed by atoms with E-state index < -0.39 is 0 Å². The summed E-state index contributed by atoms with van der Waals surface area (Å²) in [6.07, 6.45) is 4.18. The summed E-state index contributed by atoms with van der Waals surface area (Å²) in [4.78, 5) is 13.1. The monoisotopic (exact) mass is 353 g/mol. The molecule has 7 heteroatoms. The van der Waals surface area contributed by atoms with E-state index in [1.54, 1.807) is 6.33 Å². The van der Waals surface area contributed by atoms with Gasteiger partial charge >= 0.3 is 0 Å². The zero-order valence-electron chi connectivity index (χ0n) is 15.7. The van der Waals surface area contributed by atoms with E-state index in [1.807, 2.05) is 32.1 Å². The van der Waals surface area contributed by atoms with Crippen molar-refractivity contribution in [1.29, 1.82) is 0 Å². The van der Waals surface area contributed by atoms with Crippen molar-refractivity contribution in [3.8, 4) is 0 Å². The zero-order chi connectivity index (χ0) is 18.1. The molecule has 0 unspecified atom stereocenters. The van der Waals surface area contributed by atoms with Crippen LogP contribution in [0.2, 0.25) is 0 Å². The van der Waals surface area contributed by atoms with Crippen molar-refractivity contribution >= 4 is 28.7 Å². The average molecular weight is 353 g/mol. The third-order valence-electron chi connectivity index (χ3n) is 5.24. The summed E-state index contributed by atoms with van der Waals surface area (Å²) in [6, 6.07) is 8.48. The predicted octanol–water partition coefficient (Wildman–Crippen LogP) is 2.27. The van der Waals surface area contributed by atoms with E-state index in [2.05, 4.69) is 49.0 Å². The van der Waals surface area contributed by atoms with E-state index in [-0.39, 0.29) is 0 Å². The first kappa shape index (κ1) is 16.9. The van der Waals surface area contributed by atoms with Gasteiger partial charge in [-0.25, -0.2) is 9.97 Å². The molecule has 7 nitrogen and oxygen atoms in total. The first-order valence-electron chi connectivity index (χ1n) is 9.17. The molecule has 0 bridgehead atoms. The first-order valence-corrected chi connectivity index (χ1v) is 9.17. The Morgan fingerprint density at radius 2 is 2.00 bits per heavy atom.